The van der Waals surface area contributed by atoms with Gasteiger partial charge in [0.05, 0.1) is 5.60 Å². The van der Waals surface area contributed by atoms with E-state index in [4.69, 9.17) is 0 Å². The molecule has 1 aromatic carbocycles. The van der Waals surface area contributed by atoms with Gasteiger partial charge in [-0.3, -0.25) is 0 Å². The lowest BCUT2D eigenvalue weighted by Gasteiger charge is -2.42. The first-order chi connectivity index (χ1) is 9.77. The molecule has 21 heavy (non-hydrogen) atoms. The number of aliphatic hydroxyl groups is 1. The molecule has 6 heteroatoms. The molecule has 1 aromatic rings. The van der Waals surface area contributed by atoms with Crippen molar-refractivity contribution in [1.82, 2.24) is 4.90 Å². The lowest BCUT2D eigenvalue weighted by Crippen LogP contribution is -2.47. The van der Waals surface area contributed by atoms with Gasteiger partial charge in [0.25, 0.3) is 0 Å². The van der Waals surface area contributed by atoms with Crippen molar-refractivity contribution in [3.63, 3.8) is 0 Å². The fourth-order valence-electron chi connectivity index (χ4n) is 3.65. The zero-order valence-electron chi connectivity index (χ0n) is 11.7. The molecule has 0 spiro atoms. The van der Waals surface area contributed by atoms with E-state index >= 15 is 0 Å². The van der Waals surface area contributed by atoms with Crippen LogP contribution < -0.4 is 4.74 Å². The molecule has 0 amide bonds. The van der Waals surface area contributed by atoms with Gasteiger partial charge in [-0.25, -0.2) is 0 Å². The zero-order valence-corrected chi connectivity index (χ0v) is 11.7. The van der Waals surface area contributed by atoms with Crippen molar-refractivity contribution in [2.75, 3.05) is 7.05 Å². The number of rotatable bonds is 2. The average Bonchev–Trinajstić information content (AvgIpc) is 2.61. The van der Waals surface area contributed by atoms with Gasteiger partial charge in [-0.05, 0) is 50.4 Å². The average molecular weight is 301 g/mol. The van der Waals surface area contributed by atoms with Crippen molar-refractivity contribution < 1.29 is 23.0 Å². The molecule has 0 radical (unpaired) electrons. The highest BCUT2D eigenvalue weighted by molar-refractivity contribution is 5.32. The predicted molar refractivity (Wildman–Crippen MR) is 70.8 cm³/mol. The maximum absolute atomic E-state index is 12.1. The third kappa shape index (κ3) is 2.87. The van der Waals surface area contributed by atoms with E-state index in [2.05, 4.69) is 16.7 Å². The smallest absolute Gasteiger partial charge is 0.406 e. The van der Waals surface area contributed by atoms with Gasteiger partial charge in [0.15, 0.2) is 0 Å². The molecule has 1 N–H and O–H groups in total. The summed E-state index contributed by atoms with van der Waals surface area (Å²) >= 11 is 0. The summed E-state index contributed by atoms with van der Waals surface area (Å²) < 4.78 is 40.3. The minimum Gasteiger partial charge on any atom is -0.406 e. The van der Waals surface area contributed by atoms with E-state index in [0.717, 1.165) is 12.8 Å². The van der Waals surface area contributed by atoms with Gasteiger partial charge in [0, 0.05) is 12.1 Å². The molecule has 2 bridgehead atoms. The number of nitrogens with zero attached hydrogens (tertiary/aromatic N) is 1. The number of piperidine rings is 1. The highest BCUT2D eigenvalue weighted by Gasteiger charge is 2.46. The number of halogens is 3. The van der Waals surface area contributed by atoms with E-state index in [1.54, 1.807) is 0 Å². The van der Waals surface area contributed by atoms with Crippen molar-refractivity contribution in [2.24, 2.45) is 0 Å². The molecule has 3 rings (SSSR count). The van der Waals surface area contributed by atoms with Crippen LogP contribution in [0, 0.1) is 0 Å². The van der Waals surface area contributed by atoms with Gasteiger partial charge < -0.3 is 14.7 Å². The Hall–Kier alpha value is -1.27. The Morgan fingerprint density at radius 2 is 1.67 bits per heavy atom. The molecular weight excluding hydrogens is 283 g/mol. The van der Waals surface area contributed by atoms with Gasteiger partial charge in [0.1, 0.15) is 5.75 Å². The number of benzene rings is 1. The standard InChI is InChI=1S/C15H18F3NO2/c1-19-11-4-5-12(19)9-14(20,8-11)10-2-6-13(7-3-10)21-15(16,17)18/h2-3,6-7,11-12,20H,4-5,8-9H2,1H3. The highest BCUT2D eigenvalue weighted by atomic mass is 19.4. The number of hydrogen-bond acceptors (Lipinski definition) is 3. The molecule has 0 aliphatic carbocycles. The van der Waals surface area contributed by atoms with Gasteiger partial charge in [-0.2, -0.15) is 0 Å². The topological polar surface area (TPSA) is 32.7 Å². The Morgan fingerprint density at radius 1 is 1.14 bits per heavy atom. The molecule has 2 aliphatic heterocycles. The third-order valence-corrected chi connectivity index (χ3v) is 4.76. The lowest BCUT2D eigenvalue weighted by atomic mass is 9.81. The van der Waals surface area contributed by atoms with Crippen LogP contribution in [0.5, 0.6) is 5.75 Å². The summed E-state index contributed by atoms with van der Waals surface area (Å²) in [5.41, 5.74) is -0.281. The Kier molecular flexibility index (Phi) is 3.41. The summed E-state index contributed by atoms with van der Waals surface area (Å²) in [6.45, 7) is 0. The number of hydrogen-bond donors (Lipinski definition) is 1. The van der Waals surface area contributed by atoms with Crippen LogP contribution in [0.1, 0.15) is 31.2 Å². The minimum absolute atomic E-state index is 0.259. The summed E-state index contributed by atoms with van der Waals surface area (Å²) in [6, 6.07) is 6.29. The van der Waals surface area contributed by atoms with E-state index in [0.29, 0.717) is 30.5 Å². The monoisotopic (exact) mass is 301 g/mol. The molecule has 2 unspecified atom stereocenters. The van der Waals surface area contributed by atoms with E-state index in [1.807, 2.05) is 0 Å². The van der Waals surface area contributed by atoms with E-state index in [1.165, 1.54) is 24.3 Å². The third-order valence-electron chi connectivity index (χ3n) is 4.76. The van der Waals surface area contributed by atoms with Crippen LogP contribution in [0.3, 0.4) is 0 Å². The fourth-order valence-corrected chi connectivity index (χ4v) is 3.65. The molecule has 2 atom stereocenters. The molecular formula is C15H18F3NO2. The number of fused-ring (bicyclic) bond motifs is 2. The Morgan fingerprint density at radius 3 is 2.14 bits per heavy atom. The Balaban J connectivity index is 1.78. The molecule has 2 fully saturated rings. The summed E-state index contributed by atoms with van der Waals surface area (Å²) in [6.07, 6.45) is -1.30. The SMILES string of the molecule is CN1C2CCC1CC(O)(c1ccc(OC(F)(F)F)cc1)C2. The van der Waals surface area contributed by atoms with Crippen LogP contribution in [0.4, 0.5) is 13.2 Å². The van der Waals surface area contributed by atoms with E-state index in [9.17, 15) is 18.3 Å². The molecule has 3 nitrogen and oxygen atoms in total. The van der Waals surface area contributed by atoms with Gasteiger partial charge in [0.2, 0.25) is 0 Å². The molecule has 0 aromatic heterocycles. The lowest BCUT2D eigenvalue weighted by molar-refractivity contribution is -0.274. The van der Waals surface area contributed by atoms with Crippen molar-refractivity contribution >= 4 is 0 Å². The predicted octanol–water partition coefficient (Wildman–Crippen LogP) is 3.03. The Labute approximate surface area is 121 Å². The summed E-state index contributed by atoms with van der Waals surface area (Å²) in [4.78, 5) is 2.30. The van der Waals surface area contributed by atoms with Crippen LogP contribution in [-0.2, 0) is 5.60 Å². The zero-order chi connectivity index (χ0) is 15.3. The van der Waals surface area contributed by atoms with Crippen LogP contribution in [0.25, 0.3) is 0 Å². The molecule has 2 heterocycles. The summed E-state index contributed by atoms with van der Waals surface area (Å²) in [5.74, 6) is -0.259. The summed E-state index contributed by atoms with van der Waals surface area (Å²) in [5, 5.41) is 10.9. The fraction of sp³-hybridized carbons (Fsp3) is 0.600. The molecule has 2 saturated heterocycles. The summed E-state index contributed by atoms with van der Waals surface area (Å²) in [7, 11) is 2.07. The van der Waals surface area contributed by atoms with Crippen LogP contribution >= 0.6 is 0 Å². The van der Waals surface area contributed by atoms with E-state index in [-0.39, 0.29) is 5.75 Å². The maximum atomic E-state index is 12.1. The Bertz CT molecular complexity index is 501. The quantitative estimate of drug-likeness (QED) is 0.911. The maximum Gasteiger partial charge on any atom is 0.573 e. The van der Waals surface area contributed by atoms with Crippen LogP contribution in [0.15, 0.2) is 24.3 Å². The van der Waals surface area contributed by atoms with Gasteiger partial charge in [-0.15, -0.1) is 13.2 Å². The second-order valence-corrected chi connectivity index (χ2v) is 6.06. The first-order valence-electron chi connectivity index (χ1n) is 7.07. The van der Waals surface area contributed by atoms with Crippen molar-refractivity contribution in [1.29, 1.82) is 0 Å². The number of alkyl halides is 3. The first kappa shape index (κ1) is 14.7. The van der Waals surface area contributed by atoms with Crippen molar-refractivity contribution in [3.8, 4) is 5.75 Å². The second-order valence-electron chi connectivity index (χ2n) is 6.06. The normalized spacial score (nSPS) is 33.2. The molecule has 2 aliphatic rings. The van der Waals surface area contributed by atoms with Crippen molar-refractivity contribution in [3.05, 3.63) is 29.8 Å². The minimum atomic E-state index is -4.69. The molecule has 0 saturated carbocycles. The highest BCUT2D eigenvalue weighted by Crippen LogP contribution is 2.45. The van der Waals surface area contributed by atoms with Gasteiger partial charge >= 0.3 is 6.36 Å². The van der Waals surface area contributed by atoms with Gasteiger partial charge in [-0.1, -0.05) is 12.1 Å². The largest absolute Gasteiger partial charge is 0.573 e. The van der Waals surface area contributed by atoms with Crippen LogP contribution in [0.2, 0.25) is 0 Å². The van der Waals surface area contributed by atoms with E-state index < -0.39 is 12.0 Å². The second kappa shape index (κ2) is 4.88. The first-order valence-corrected chi connectivity index (χ1v) is 7.07. The van der Waals surface area contributed by atoms with Crippen molar-refractivity contribution in [2.45, 2.75) is 49.7 Å². The van der Waals surface area contributed by atoms with Crippen LogP contribution in [-0.4, -0.2) is 35.5 Å². The number of ether oxygens (including phenoxy) is 1. The molecule has 116 valence electrons.